The molecule has 0 fully saturated rings. The van der Waals surface area contributed by atoms with E-state index in [1.807, 2.05) is 12.1 Å². The molecule has 2 aliphatic rings. The lowest BCUT2D eigenvalue weighted by atomic mass is 9.76. The number of methoxy groups -OCH3 is 1. The van der Waals surface area contributed by atoms with E-state index in [0.717, 1.165) is 40.8 Å². The zero-order valence-electron chi connectivity index (χ0n) is 21.1. The van der Waals surface area contributed by atoms with E-state index in [0.29, 0.717) is 51.8 Å². The topological polar surface area (TPSA) is 134 Å². The van der Waals surface area contributed by atoms with Crippen molar-refractivity contribution in [3.05, 3.63) is 82.3 Å². The van der Waals surface area contributed by atoms with Gasteiger partial charge in [-0.25, -0.2) is 8.78 Å². The Hall–Kier alpha value is -4.28. The lowest BCUT2D eigenvalue weighted by Gasteiger charge is -2.38. The van der Waals surface area contributed by atoms with E-state index in [9.17, 15) is 23.6 Å². The molecule has 40 heavy (non-hydrogen) atoms. The van der Waals surface area contributed by atoms with Crippen molar-refractivity contribution in [1.29, 1.82) is 5.26 Å². The van der Waals surface area contributed by atoms with Crippen LogP contribution >= 0.6 is 23.1 Å². The van der Waals surface area contributed by atoms with Crippen LogP contribution in [-0.2, 0) is 9.59 Å². The van der Waals surface area contributed by atoms with Crippen molar-refractivity contribution in [3.8, 4) is 11.8 Å². The fraction of sp³-hybridized carbons (Fsp3) is 0.222. The molecule has 3 N–H and O–H groups in total. The van der Waals surface area contributed by atoms with Gasteiger partial charge in [-0.15, -0.1) is 10.2 Å². The summed E-state index contributed by atoms with van der Waals surface area (Å²) in [5, 5.41) is 21.3. The molecule has 0 bridgehead atoms. The number of carbonyl (C=O) groups excluding carboxylic acids is 2. The van der Waals surface area contributed by atoms with Crippen LogP contribution in [-0.4, -0.2) is 34.8 Å². The third-order valence-electron chi connectivity index (χ3n) is 6.48. The molecule has 0 saturated carbocycles. The van der Waals surface area contributed by atoms with Gasteiger partial charge in [0.25, 0.3) is 0 Å². The van der Waals surface area contributed by atoms with Gasteiger partial charge in [-0.2, -0.15) is 5.26 Å². The number of benzene rings is 2. The molecule has 3 aromatic rings. The first-order valence-electron chi connectivity index (χ1n) is 12.1. The number of hydrogen-bond acceptors (Lipinski definition) is 10. The molecular weight excluding hydrogens is 558 g/mol. The maximum Gasteiger partial charge on any atom is 0.234 e. The molecule has 204 valence electrons. The largest absolute Gasteiger partial charge is 0.497 e. The number of ether oxygens (including phenoxy) is 1. The first kappa shape index (κ1) is 27.3. The number of anilines is 2. The van der Waals surface area contributed by atoms with Crippen LogP contribution in [0.25, 0.3) is 0 Å². The SMILES string of the molecule is COc1ccc(C2C(C#N)=C(N)N(c3nnc(SCC(=O)Nc4ccc(F)cc4F)s3)C3=C2C(=O)CCC3)cc1. The number of thioether (sulfide) groups is 1. The standard InChI is InChI=1S/C27H22F2N6O3S2/c1-38-16-8-5-14(6-9-16)23-17(12-30)25(31)35(20-3-2-4-21(36)24(20)23)26-33-34-27(40-26)39-13-22(37)32-19-10-7-15(28)11-18(19)29/h5-11,23H,2-4,13,31H2,1H3,(H,32,37). The molecule has 0 radical (unpaired) electrons. The Morgan fingerprint density at radius 2 is 2.02 bits per heavy atom. The minimum atomic E-state index is -0.878. The Morgan fingerprint density at radius 3 is 2.73 bits per heavy atom. The second-order valence-electron chi connectivity index (χ2n) is 8.90. The second-order valence-corrected chi connectivity index (χ2v) is 11.1. The van der Waals surface area contributed by atoms with Gasteiger partial charge in [-0.05, 0) is 42.7 Å². The Bertz CT molecular complexity index is 1600. The summed E-state index contributed by atoms with van der Waals surface area (Å²) in [6.07, 6.45) is 1.54. The van der Waals surface area contributed by atoms with E-state index in [1.54, 1.807) is 24.1 Å². The Labute approximate surface area is 236 Å². The van der Waals surface area contributed by atoms with E-state index in [4.69, 9.17) is 10.5 Å². The predicted molar refractivity (Wildman–Crippen MR) is 147 cm³/mol. The van der Waals surface area contributed by atoms with Crippen LogP contribution in [0.1, 0.15) is 30.7 Å². The average molecular weight is 581 g/mol. The number of rotatable bonds is 7. The molecule has 13 heteroatoms. The third kappa shape index (κ3) is 5.28. The molecule has 2 aromatic carbocycles. The number of amides is 1. The summed E-state index contributed by atoms with van der Waals surface area (Å²) in [5.41, 5.74) is 8.59. The number of ketones is 1. The van der Waals surface area contributed by atoms with E-state index in [2.05, 4.69) is 21.6 Å². The zero-order valence-corrected chi connectivity index (χ0v) is 22.7. The number of nitrogens with zero attached hydrogens (tertiary/aromatic N) is 4. The van der Waals surface area contributed by atoms with E-state index in [-0.39, 0.29) is 28.6 Å². The predicted octanol–water partition coefficient (Wildman–Crippen LogP) is 4.86. The fourth-order valence-electron chi connectivity index (χ4n) is 4.69. The van der Waals surface area contributed by atoms with E-state index < -0.39 is 23.5 Å². The number of nitriles is 1. The number of Topliss-reactive ketones (excluding diaryl/α,β-unsaturated/α-hetero) is 1. The normalized spacial score (nSPS) is 17.0. The van der Waals surface area contributed by atoms with Crippen molar-refractivity contribution in [3.63, 3.8) is 0 Å². The molecule has 1 aromatic heterocycles. The number of allylic oxidation sites excluding steroid dienone is 3. The van der Waals surface area contributed by atoms with Gasteiger partial charge in [0.05, 0.1) is 36.1 Å². The van der Waals surface area contributed by atoms with Crippen molar-refractivity contribution in [2.24, 2.45) is 5.73 Å². The summed E-state index contributed by atoms with van der Waals surface area (Å²) in [5.74, 6) is -2.11. The van der Waals surface area contributed by atoms with Crippen LogP contribution in [0.4, 0.5) is 19.6 Å². The first-order valence-corrected chi connectivity index (χ1v) is 13.9. The molecule has 1 amide bonds. The smallest absolute Gasteiger partial charge is 0.234 e. The van der Waals surface area contributed by atoms with E-state index in [1.165, 1.54) is 0 Å². The summed E-state index contributed by atoms with van der Waals surface area (Å²) in [6.45, 7) is 0. The van der Waals surface area contributed by atoms with Crippen molar-refractivity contribution in [1.82, 2.24) is 10.2 Å². The first-order chi connectivity index (χ1) is 19.3. The van der Waals surface area contributed by atoms with Gasteiger partial charge >= 0.3 is 0 Å². The zero-order chi connectivity index (χ0) is 28.4. The Kier molecular flexibility index (Phi) is 7.81. The molecule has 5 rings (SSSR count). The molecule has 1 aliphatic carbocycles. The highest BCUT2D eigenvalue weighted by atomic mass is 32.2. The van der Waals surface area contributed by atoms with Crippen LogP contribution in [0.5, 0.6) is 5.75 Å². The molecule has 1 unspecified atom stereocenters. The summed E-state index contributed by atoms with van der Waals surface area (Å²) >= 11 is 2.22. The molecule has 1 atom stereocenters. The summed E-state index contributed by atoms with van der Waals surface area (Å²) in [7, 11) is 1.56. The van der Waals surface area contributed by atoms with Crippen LogP contribution < -0.4 is 20.7 Å². The summed E-state index contributed by atoms with van der Waals surface area (Å²) in [4.78, 5) is 27.2. The molecule has 0 saturated heterocycles. The van der Waals surface area contributed by atoms with Crippen molar-refractivity contribution in [2.45, 2.75) is 29.5 Å². The summed E-state index contributed by atoms with van der Waals surface area (Å²) < 4.78 is 32.6. The minimum absolute atomic E-state index is 0.0591. The van der Waals surface area contributed by atoms with Crippen molar-refractivity contribution in [2.75, 3.05) is 23.1 Å². The van der Waals surface area contributed by atoms with Gasteiger partial charge in [-0.3, -0.25) is 14.5 Å². The summed E-state index contributed by atoms with van der Waals surface area (Å²) in [6, 6.07) is 12.3. The van der Waals surface area contributed by atoms with Gasteiger partial charge in [0.15, 0.2) is 10.1 Å². The molecule has 9 nitrogen and oxygen atoms in total. The number of aromatic nitrogens is 2. The monoisotopic (exact) mass is 580 g/mol. The lowest BCUT2D eigenvalue weighted by Crippen LogP contribution is -2.38. The van der Waals surface area contributed by atoms with Gasteiger partial charge < -0.3 is 15.8 Å². The average Bonchev–Trinajstić information content (AvgIpc) is 3.41. The second kappa shape index (κ2) is 11.4. The molecular formula is C27H22F2N6O3S2. The van der Waals surface area contributed by atoms with Gasteiger partial charge in [0.1, 0.15) is 23.2 Å². The van der Waals surface area contributed by atoms with Crippen LogP contribution in [0.2, 0.25) is 0 Å². The molecule has 2 heterocycles. The number of halogens is 2. The van der Waals surface area contributed by atoms with Crippen molar-refractivity contribution >= 4 is 45.6 Å². The number of nitrogens with one attached hydrogen (secondary N) is 1. The quantitative estimate of drug-likeness (QED) is 0.376. The lowest BCUT2D eigenvalue weighted by molar-refractivity contribution is -0.116. The van der Waals surface area contributed by atoms with Gasteiger partial charge in [0, 0.05) is 23.8 Å². The van der Waals surface area contributed by atoms with Crippen molar-refractivity contribution < 1.29 is 23.1 Å². The van der Waals surface area contributed by atoms with Crippen LogP contribution in [0.3, 0.4) is 0 Å². The number of carbonyl (C=O) groups is 2. The Balaban J connectivity index is 1.41. The number of hydrogen-bond donors (Lipinski definition) is 2. The highest BCUT2D eigenvalue weighted by Crippen LogP contribution is 2.47. The minimum Gasteiger partial charge on any atom is -0.497 e. The third-order valence-corrected chi connectivity index (χ3v) is 8.52. The highest BCUT2D eigenvalue weighted by molar-refractivity contribution is 8.01. The van der Waals surface area contributed by atoms with Gasteiger partial charge in [0.2, 0.25) is 11.0 Å². The van der Waals surface area contributed by atoms with E-state index >= 15 is 0 Å². The Morgan fingerprint density at radius 1 is 1.25 bits per heavy atom. The fourth-order valence-corrected chi connectivity index (χ4v) is 6.37. The molecule has 0 spiro atoms. The van der Waals surface area contributed by atoms with Crippen LogP contribution in [0, 0.1) is 23.0 Å². The van der Waals surface area contributed by atoms with Crippen LogP contribution in [0.15, 0.2) is 69.5 Å². The molecule has 1 aliphatic heterocycles. The highest BCUT2D eigenvalue weighted by Gasteiger charge is 2.41. The number of nitrogens with two attached hydrogens (primary N) is 1. The van der Waals surface area contributed by atoms with Gasteiger partial charge in [-0.1, -0.05) is 35.2 Å². The maximum absolute atomic E-state index is 13.9. The maximum atomic E-state index is 13.9.